The van der Waals surface area contributed by atoms with Gasteiger partial charge in [0.2, 0.25) is 0 Å². The van der Waals surface area contributed by atoms with E-state index < -0.39 is 5.41 Å². The number of hydrogen-bond acceptors (Lipinski definition) is 2. The third-order valence-corrected chi connectivity index (χ3v) is 1.62. The van der Waals surface area contributed by atoms with Gasteiger partial charge in [-0.2, -0.15) is 11.7 Å². The SMILES string of the molecule is [CH2-]CC(C)(C)C(=O)CC#N.[Mo]. The largest absolute Gasteiger partial charge is 0.342 e. The molecule has 11 heavy (non-hydrogen) atoms. The minimum atomic E-state index is -0.421. The van der Waals surface area contributed by atoms with Gasteiger partial charge in [0.15, 0.2) is 0 Å². The summed E-state index contributed by atoms with van der Waals surface area (Å²) in [4.78, 5) is 11.0. The van der Waals surface area contributed by atoms with Gasteiger partial charge in [-0.25, -0.2) is 0 Å². The molecule has 0 spiro atoms. The molecule has 0 bridgehead atoms. The molecule has 2 nitrogen and oxygen atoms in total. The number of carbonyl (C=O) groups is 1. The predicted molar refractivity (Wildman–Crippen MR) is 39.0 cm³/mol. The molecule has 0 N–H and O–H groups in total. The van der Waals surface area contributed by atoms with Crippen LogP contribution in [0.2, 0.25) is 0 Å². The summed E-state index contributed by atoms with van der Waals surface area (Å²) in [7, 11) is 0. The van der Waals surface area contributed by atoms with Crippen molar-refractivity contribution in [3.63, 3.8) is 0 Å². The van der Waals surface area contributed by atoms with Crippen molar-refractivity contribution in [2.45, 2.75) is 26.7 Å². The van der Waals surface area contributed by atoms with E-state index in [2.05, 4.69) is 6.92 Å². The number of Topliss-reactive ketones (excluding diaryl/α,β-unsaturated/α-hetero) is 1. The Balaban J connectivity index is 0. The normalized spacial score (nSPS) is 9.64. The Morgan fingerprint density at radius 2 is 2.09 bits per heavy atom. The van der Waals surface area contributed by atoms with E-state index in [4.69, 9.17) is 5.26 Å². The first-order valence-corrected chi connectivity index (χ1v) is 3.24. The van der Waals surface area contributed by atoms with Crippen molar-refractivity contribution in [3.05, 3.63) is 6.92 Å². The van der Waals surface area contributed by atoms with Crippen LogP contribution in [0.15, 0.2) is 0 Å². The summed E-state index contributed by atoms with van der Waals surface area (Å²) >= 11 is 0. The second kappa shape index (κ2) is 5.49. The molecule has 0 amide bonds. The Hall–Kier alpha value is -0.152. The molecule has 0 aromatic heterocycles. The summed E-state index contributed by atoms with van der Waals surface area (Å²) in [6.45, 7) is 7.24. The topological polar surface area (TPSA) is 40.9 Å². The molecule has 0 atom stereocenters. The van der Waals surface area contributed by atoms with E-state index in [1.54, 1.807) is 13.8 Å². The van der Waals surface area contributed by atoms with Crippen LogP contribution in [-0.2, 0) is 25.9 Å². The van der Waals surface area contributed by atoms with Gasteiger partial charge in [0.1, 0.15) is 5.78 Å². The summed E-state index contributed by atoms with van der Waals surface area (Å²) in [5, 5.41) is 8.20. The van der Waals surface area contributed by atoms with Gasteiger partial charge in [-0.15, -0.1) is 0 Å². The Bertz CT molecular complexity index is 169. The van der Waals surface area contributed by atoms with Crippen LogP contribution < -0.4 is 0 Å². The van der Waals surface area contributed by atoms with Gasteiger partial charge >= 0.3 is 0 Å². The van der Waals surface area contributed by atoms with Gasteiger partial charge in [-0.05, 0) is 5.41 Å². The maximum Gasteiger partial charge on any atom is 0.149 e. The van der Waals surface area contributed by atoms with Crippen molar-refractivity contribution in [1.29, 1.82) is 5.26 Å². The molecule has 0 aliphatic carbocycles. The van der Waals surface area contributed by atoms with E-state index in [-0.39, 0.29) is 33.3 Å². The number of nitrogens with zero attached hydrogens (tertiary/aromatic N) is 1. The van der Waals surface area contributed by atoms with Crippen LogP contribution in [0.3, 0.4) is 0 Å². The van der Waals surface area contributed by atoms with E-state index >= 15 is 0 Å². The van der Waals surface area contributed by atoms with Gasteiger partial charge in [-0.1, -0.05) is 13.8 Å². The monoisotopic (exact) mass is 236 g/mol. The third kappa shape index (κ3) is 4.32. The van der Waals surface area contributed by atoms with Crippen LogP contribution in [0.25, 0.3) is 0 Å². The molecule has 0 rings (SSSR count). The molecule has 0 aliphatic heterocycles. The van der Waals surface area contributed by atoms with Crippen LogP contribution in [-0.4, -0.2) is 5.78 Å². The summed E-state index contributed by atoms with van der Waals surface area (Å²) in [5.74, 6) is -0.0231. The summed E-state index contributed by atoms with van der Waals surface area (Å²) in [5.41, 5.74) is -0.421. The van der Waals surface area contributed by atoms with Crippen LogP contribution in [0.5, 0.6) is 0 Å². The zero-order valence-electron chi connectivity index (χ0n) is 6.89. The van der Waals surface area contributed by atoms with Gasteiger partial charge in [0, 0.05) is 21.1 Å². The standard InChI is InChI=1S/C8H12NO.Mo/c1-4-8(2,3)7(10)5-6-9;/h1,4-5H2,2-3H3;/q-1;. The quantitative estimate of drug-likeness (QED) is 0.551. The average Bonchev–Trinajstić information content (AvgIpc) is 1.89. The fourth-order valence-corrected chi connectivity index (χ4v) is 0.450. The van der Waals surface area contributed by atoms with Crippen molar-refractivity contribution in [2.24, 2.45) is 5.41 Å². The smallest absolute Gasteiger partial charge is 0.149 e. The minimum Gasteiger partial charge on any atom is -0.342 e. The van der Waals surface area contributed by atoms with Crippen LogP contribution in [0.4, 0.5) is 0 Å². The number of rotatable bonds is 3. The second-order valence-electron chi connectivity index (χ2n) is 2.89. The Morgan fingerprint density at radius 3 is 2.36 bits per heavy atom. The number of ketones is 1. The first-order chi connectivity index (χ1) is 4.54. The zero-order chi connectivity index (χ0) is 8.20. The van der Waals surface area contributed by atoms with E-state index in [1.165, 1.54) is 0 Å². The zero-order valence-corrected chi connectivity index (χ0v) is 8.89. The van der Waals surface area contributed by atoms with Crippen molar-refractivity contribution in [2.75, 3.05) is 0 Å². The van der Waals surface area contributed by atoms with Gasteiger partial charge in [0.25, 0.3) is 0 Å². The number of carbonyl (C=O) groups excluding carboxylic acids is 1. The maximum absolute atomic E-state index is 11.0. The average molecular weight is 234 g/mol. The van der Waals surface area contributed by atoms with Crippen LogP contribution in [0.1, 0.15) is 26.7 Å². The Labute approximate surface area is 82.2 Å². The van der Waals surface area contributed by atoms with E-state index in [0.717, 1.165) is 0 Å². The molecular weight excluding hydrogens is 222 g/mol. The van der Waals surface area contributed by atoms with Crippen molar-refractivity contribution < 1.29 is 25.9 Å². The van der Waals surface area contributed by atoms with Crippen molar-refractivity contribution in [1.82, 2.24) is 0 Å². The molecule has 0 heterocycles. The second-order valence-corrected chi connectivity index (χ2v) is 2.89. The van der Waals surface area contributed by atoms with Gasteiger partial charge in [0.05, 0.1) is 12.5 Å². The molecule has 0 aromatic carbocycles. The van der Waals surface area contributed by atoms with E-state index in [0.29, 0.717) is 6.42 Å². The number of hydrogen-bond donors (Lipinski definition) is 0. The molecule has 0 aliphatic rings. The first kappa shape index (κ1) is 13.4. The summed E-state index contributed by atoms with van der Waals surface area (Å²) in [6, 6.07) is 1.83. The molecule has 3 heteroatoms. The molecule has 0 radical (unpaired) electrons. The Kier molecular flexibility index (Phi) is 6.71. The molecule has 0 saturated carbocycles. The van der Waals surface area contributed by atoms with Crippen molar-refractivity contribution in [3.8, 4) is 6.07 Å². The van der Waals surface area contributed by atoms with Crippen LogP contribution >= 0.6 is 0 Å². The Morgan fingerprint density at radius 1 is 1.64 bits per heavy atom. The fraction of sp³-hybridized carbons (Fsp3) is 0.625. The molecule has 0 unspecified atom stereocenters. The predicted octanol–water partition coefficient (Wildman–Crippen LogP) is 1.72. The third-order valence-electron chi connectivity index (χ3n) is 1.62. The van der Waals surface area contributed by atoms with E-state index in [1.807, 2.05) is 6.07 Å². The molecular formula is C8H12MoNO-. The maximum atomic E-state index is 11.0. The number of nitriles is 1. The summed E-state index contributed by atoms with van der Waals surface area (Å²) < 4.78 is 0. The van der Waals surface area contributed by atoms with Crippen LogP contribution in [0, 0.1) is 23.7 Å². The minimum absolute atomic E-state index is 0. The molecule has 0 aromatic rings. The first-order valence-electron chi connectivity index (χ1n) is 3.24. The van der Waals surface area contributed by atoms with Crippen molar-refractivity contribution >= 4 is 5.78 Å². The summed E-state index contributed by atoms with van der Waals surface area (Å²) in [6.07, 6.45) is 0.552. The molecule has 62 valence electrons. The molecule has 0 saturated heterocycles. The van der Waals surface area contributed by atoms with Gasteiger partial charge in [-0.3, -0.25) is 4.79 Å². The molecule has 0 fully saturated rings. The van der Waals surface area contributed by atoms with E-state index in [9.17, 15) is 4.79 Å². The van der Waals surface area contributed by atoms with Gasteiger partial charge < -0.3 is 6.92 Å². The fourth-order valence-electron chi connectivity index (χ4n) is 0.450.